The van der Waals surface area contributed by atoms with Gasteiger partial charge in [-0.2, -0.15) is 13.2 Å². The number of aliphatic hydroxyl groups excluding tert-OH is 1. The lowest BCUT2D eigenvalue weighted by Gasteiger charge is -2.28. The maximum Gasteiger partial charge on any atom is 0.490 e. The molecule has 12 nitrogen and oxygen atoms in total. The molecule has 288 valence electrons. The summed E-state index contributed by atoms with van der Waals surface area (Å²) in [6, 6.07) is 28.0. The monoisotopic (exact) mass is 788 g/mol. The predicted molar refractivity (Wildman–Crippen MR) is 197 cm³/mol. The minimum absolute atomic E-state index is 0.0206. The molecule has 5 aromatic rings. The molecule has 0 aliphatic carbocycles. The van der Waals surface area contributed by atoms with Crippen LogP contribution in [0.1, 0.15) is 47.9 Å². The van der Waals surface area contributed by atoms with E-state index >= 15 is 0 Å². The van der Waals surface area contributed by atoms with Gasteiger partial charge in [0.2, 0.25) is 0 Å². The highest BCUT2D eigenvalue weighted by atomic mass is 32.2. The number of aliphatic carboxylic acids is 1. The molecule has 1 aromatic heterocycles. The molecule has 1 amide bonds. The molecule has 17 heteroatoms. The molecule has 0 aliphatic heterocycles. The molecule has 5 rings (SSSR count). The zero-order chi connectivity index (χ0) is 39.9. The van der Waals surface area contributed by atoms with Crippen LogP contribution in [0.4, 0.5) is 18.9 Å². The van der Waals surface area contributed by atoms with Crippen molar-refractivity contribution >= 4 is 48.5 Å². The number of nitrogens with one attached hydrogen (secondary N) is 3. The number of carboxylic acids is 1. The highest BCUT2D eigenvalue weighted by Gasteiger charge is 2.38. The smallest absolute Gasteiger partial charge is 0.475 e. The lowest BCUT2D eigenvalue weighted by molar-refractivity contribution is -0.192. The number of nitrogens with zero attached hydrogens (tertiary/aromatic N) is 1. The topological polar surface area (TPSA) is 184 Å². The van der Waals surface area contributed by atoms with Gasteiger partial charge in [-0.3, -0.25) is 9.52 Å². The number of carboxylic acid groups (broad SMARTS) is 1. The molecule has 1 heterocycles. The zero-order valence-electron chi connectivity index (χ0n) is 29.3. The summed E-state index contributed by atoms with van der Waals surface area (Å²) >= 11 is 0. The largest absolute Gasteiger partial charge is 0.490 e. The van der Waals surface area contributed by atoms with Crippen molar-refractivity contribution < 1.29 is 49.8 Å². The lowest BCUT2D eigenvalue weighted by atomic mass is 9.99. The van der Waals surface area contributed by atoms with Crippen molar-refractivity contribution in [3.8, 4) is 0 Å². The molecule has 0 unspecified atom stereocenters. The van der Waals surface area contributed by atoms with Gasteiger partial charge in [-0.05, 0) is 93.4 Å². The second kappa shape index (κ2) is 16.8. The van der Waals surface area contributed by atoms with Gasteiger partial charge in [-0.25, -0.2) is 26.4 Å². The SMILES string of the molecule is Cc1ccc(S(=O)(=O)NC(=O)c2ccc3c(ccn3CCC(C)(C)NC[C@H](O)c3cccc(NS(=O)(=O)c4ccccc4)c3)c2)cc1.O=C(O)C(F)(F)F. The van der Waals surface area contributed by atoms with Crippen LogP contribution in [0.2, 0.25) is 0 Å². The van der Waals surface area contributed by atoms with E-state index < -0.39 is 44.2 Å². The number of aliphatic hydroxyl groups is 1. The van der Waals surface area contributed by atoms with Crippen LogP contribution in [0.15, 0.2) is 119 Å². The van der Waals surface area contributed by atoms with Gasteiger partial charge in [-0.15, -0.1) is 0 Å². The van der Waals surface area contributed by atoms with Gasteiger partial charge in [0, 0.05) is 47.0 Å². The molecule has 5 N–H and O–H groups in total. The Bertz CT molecular complexity index is 2310. The van der Waals surface area contributed by atoms with E-state index in [1.165, 1.54) is 24.3 Å². The van der Waals surface area contributed by atoms with Crippen molar-refractivity contribution in [2.24, 2.45) is 0 Å². The number of halogens is 3. The molecular weight excluding hydrogens is 750 g/mol. The standard InChI is InChI=1S/C35H38N4O6S2.C2HF3O2/c1-25-12-15-31(16-13-25)47(44,45)38-34(41)28-14-17-32-26(22-28)18-20-39(32)21-19-35(2,3)36-24-33(40)27-8-7-9-29(23-27)37-46(42,43)30-10-5-4-6-11-30;3-2(4,5)1(6)7/h4-18,20,22-23,33,36-37,40H,19,21,24H2,1-3H3,(H,38,41);(H,6,7)/t33-;/m0./s1. The number of hydrogen-bond acceptors (Lipinski definition) is 8. The molecule has 0 fully saturated rings. The molecule has 0 saturated heterocycles. The molecule has 0 saturated carbocycles. The predicted octanol–water partition coefficient (Wildman–Crippen LogP) is 5.99. The molecule has 4 aromatic carbocycles. The number of hydrogen-bond donors (Lipinski definition) is 5. The normalized spacial score (nSPS) is 12.7. The van der Waals surface area contributed by atoms with Crippen LogP contribution in [0, 0.1) is 6.92 Å². The van der Waals surface area contributed by atoms with Crippen molar-refractivity contribution in [3.05, 3.63) is 126 Å². The molecular formula is C37H39F3N4O8S2. The molecule has 0 bridgehead atoms. The highest BCUT2D eigenvalue weighted by Crippen LogP contribution is 2.24. The summed E-state index contributed by atoms with van der Waals surface area (Å²) in [5, 5.41) is 22.3. The highest BCUT2D eigenvalue weighted by molar-refractivity contribution is 7.92. The first-order valence-electron chi connectivity index (χ1n) is 16.3. The number of carbonyl (C=O) groups is 2. The zero-order valence-corrected chi connectivity index (χ0v) is 31.0. The van der Waals surface area contributed by atoms with Gasteiger partial charge in [-0.1, -0.05) is 48.0 Å². The van der Waals surface area contributed by atoms with Crippen molar-refractivity contribution in [3.63, 3.8) is 0 Å². The average molecular weight is 789 g/mol. The Balaban J connectivity index is 0.000000845. The Labute approximate surface area is 310 Å². The van der Waals surface area contributed by atoms with E-state index in [0.717, 1.165) is 16.5 Å². The Morgan fingerprint density at radius 2 is 1.44 bits per heavy atom. The first-order chi connectivity index (χ1) is 25.2. The van der Waals surface area contributed by atoms with E-state index in [1.807, 2.05) is 33.0 Å². The van der Waals surface area contributed by atoms with Crippen molar-refractivity contribution in [2.75, 3.05) is 11.3 Å². The third-order valence-electron chi connectivity index (χ3n) is 8.16. The van der Waals surface area contributed by atoms with E-state index in [2.05, 4.69) is 19.3 Å². The Morgan fingerprint density at radius 1 is 0.815 bits per heavy atom. The van der Waals surface area contributed by atoms with Gasteiger partial charge in [0.15, 0.2) is 0 Å². The van der Waals surface area contributed by atoms with Gasteiger partial charge in [0.05, 0.1) is 15.9 Å². The minimum atomic E-state index is -5.08. The average Bonchev–Trinajstić information content (AvgIpc) is 3.52. The fourth-order valence-electron chi connectivity index (χ4n) is 5.10. The quantitative estimate of drug-likeness (QED) is 0.0956. The maximum atomic E-state index is 12.8. The summed E-state index contributed by atoms with van der Waals surface area (Å²) in [5.74, 6) is -3.46. The number of alkyl halides is 3. The lowest BCUT2D eigenvalue weighted by Crippen LogP contribution is -2.42. The third-order valence-corrected chi connectivity index (χ3v) is 10.9. The van der Waals surface area contributed by atoms with Gasteiger partial charge < -0.3 is 20.1 Å². The fourth-order valence-corrected chi connectivity index (χ4v) is 7.14. The molecule has 0 radical (unpaired) electrons. The van der Waals surface area contributed by atoms with Crippen LogP contribution in [0.5, 0.6) is 0 Å². The number of β-amino-alcohol motifs (C(OH)–C–C–N with tert-alkyl or cyclic N) is 1. The summed E-state index contributed by atoms with van der Waals surface area (Å²) in [7, 11) is -7.76. The number of carbonyl (C=O) groups excluding carboxylic acids is 1. The first-order valence-corrected chi connectivity index (χ1v) is 19.3. The number of aryl methyl sites for hydroxylation is 2. The molecule has 0 spiro atoms. The Kier molecular flexibility index (Phi) is 13.0. The van der Waals surface area contributed by atoms with Crippen LogP contribution in [-0.2, 0) is 31.4 Å². The number of fused-ring (bicyclic) bond motifs is 1. The number of sulfonamides is 2. The van der Waals surface area contributed by atoms with Gasteiger partial charge in [0.1, 0.15) is 0 Å². The van der Waals surface area contributed by atoms with Crippen LogP contribution >= 0.6 is 0 Å². The summed E-state index contributed by atoms with van der Waals surface area (Å²) in [4.78, 5) is 21.9. The molecule has 1 atom stereocenters. The fraction of sp³-hybridized carbons (Fsp3) is 0.243. The van der Waals surface area contributed by atoms with E-state index in [1.54, 1.807) is 72.8 Å². The van der Waals surface area contributed by atoms with Crippen molar-refractivity contribution in [1.82, 2.24) is 14.6 Å². The van der Waals surface area contributed by atoms with Crippen LogP contribution < -0.4 is 14.8 Å². The Morgan fingerprint density at radius 3 is 2.07 bits per heavy atom. The molecule has 54 heavy (non-hydrogen) atoms. The number of amides is 1. The van der Waals surface area contributed by atoms with Gasteiger partial charge >= 0.3 is 12.1 Å². The van der Waals surface area contributed by atoms with Crippen molar-refractivity contribution in [2.45, 2.75) is 61.3 Å². The van der Waals surface area contributed by atoms with Crippen LogP contribution in [0.3, 0.4) is 0 Å². The van der Waals surface area contributed by atoms with E-state index in [4.69, 9.17) is 9.90 Å². The summed E-state index contributed by atoms with van der Waals surface area (Å²) < 4.78 is 89.3. The number of anilines is 1. The second-order valence-corrected chi connectivity index (χ2v) is 16.3. The summed E-state index contributed by atoms with van der Waals surface area (Å²) in [6.45, 7) is 6.81. The molecule has 0 aliphatic rings. The van der Waals surface area contributed by atoms with E-state index in [9.17, 15) is 39.9 Å². The number of benzene rings is 4. The maximum absolute atomic E-state index is 12.8. The number of rotatable bonds is 13. The Hall–Kier alpha value is -5.23. The van der Waals surface area contributed by atoms with Crippen LogP contribution in [0.25, 0.3) is 10.9 Å². The summed E-state index contributed by atoms with van der Waals surface area (Å²) in [5.41, 5.74) is 2.61. The van der Waals surface area contributed by atoms with Crippen LogP contribution in [-0.4, -0.2) is 61.8 Å². The first kappa shape index (κ1) is 41.5. The van der Waals surface area contributed by atoms with E-state index in [0.29, 0.717) is 24.2 Å². The second-order valence-electron chi connectivity index (χ2n) is 12.9. The third kappa shape index (κ3) is 11.4. The van der Waals surface area contributed by atoms with Crippen molar-refractivity contribution in [1.29, 1.82) is 0 Å². The minimum Gasteiger partial charge on any atom is -0.475 e. The summed E-state index contributed by atoms with van der Waals surface area (Å²) in [6.07, 6.45) is -3.33. The van der Waals surface area contributed by atoms with Gasteiger partial charge in [0.25, 0.3) is 26.0 Å². The number of aromatic nitrogens is 1. The van der Waals surface area contributed by atoms with E-state index in [-0.39, 0.29) is 27.4 Å².